The van der Waals surface area contributed by atoms with Gasteiger partial charge in [-0.1, -0.05) is 6.07 Å². The monoisotopic (exact) mass is 413 g/mol. The van der Waals surface area contributed by atoms with Crippen molar-refractivity contribution < 1.29 is 31.1 Å². The van der Waals surface area contributed by atoms with Crippen molar-refractivity contribution in [1.82, 2.24) is 9.78 Å². The molecule has 0 bridgehead atoms. The molecule has 0 aliphatic rings. The summed E-state index contributed by atoms with van der Waals surface area (Å²) < 4.78 is 78.3. The molecule has 1 aromatic heterocycles. The Bertz CT molecular complexity index is 1040. The number of hydrogen-bond acceptors (Lipinski definition) is 2. The minimum absolute atomic E-state index is 0.113. The maximum Gasteiger partial charge on any atom is 0.433 e. The number of carbonyl (C=O) groups is 1. The van der Waals surface area contributed by atoms with Gasteiger partial charge in [0.1, 0.15) is 5.69 Å². The minimum Gasteiger partial charge on any atom is -0.322 e. The van der Waals surface area contributed by atoms with Crippen LogP contribution in [0.15, 0.2) is 54.6 Å². The SMILES string of the molecule is Cc1cc(C(F)(F)F)n(-c2ccc(NC(=O)c3cccc(C(F)(F)F)c3)cc2)n1. The van der Waals surface area contributed by atoms with Gasteiger partial charge in [0.25, 0.3) is 5.91 Å². The molecule has 1 N–H and O–H groups in total. The van der Waals surface area contributed by atoms with Crippen LogP contribution in [-0.4, -0.2) is 15.7 Å². The topological polar surface area (TPSA) is 46.9 Å². The number of aromatic nitrogens is 2. The molecule has 1 amide bonds. The minimum atomic E-state index is -4.60. The summed E-state index contributed by atoms with van der Waals surface area (Å²) in [5.74, 6) is -0.783. The fourth-order valence-electron chi connectivity index (χ4n) is 2.62. The number of carbonyl (C=O) groups excluding carboxylic acids is 1. The first-order chi connectivity index (χ1) is 13.4. The molecule has 10 heteroatoms. The number of hydrogen-bond donors (Lipinski definition) is 1. The fourth-order valence-corrected chi connectivity index (χ4v) is 2.62. The van der Waals surface area contributed by atoms with Crippen LogP contribution >= 0.6 is 0 Å². The van der Waals surface area contributed by atoms with E-state index >= 15 is 0 Å². The zero-order chi connectivity index (χ0) is 21.4. The standard InChI is InChI=1S/C19H13F6N3O/c1-11-9-16(19(23,24)25)28(27-11)15-7-5-14(6-8-15)26-17(29)12-3-2-4-13(10-12)18(20,21)22/h2-10H,1H3,(H,26,29). The summed E-state index contributed by atoms with van der Waals surface area (Å²) in [6, 6.07) is 10.1. The first-order valence-electron chi connectivity index (χ1n) is 8.18. The molecule has 0 unspecified atom stereocenters. The van der Waals surface area contributed by atoms with Gasteiger partial charge < -0.3 is 5.32 Å². The average molecular weight is 413 g/mol. The second-order valence-corrected chi connectivity index (χ2v) is 6.16. The Morgan fingerprint density at radius 2 is 1.59 bits per heavy atom. The summed E-state index contributed by atoms with van der Waals surface area (Å²) >= 11 is 0. The Labute approximate surface area is 160 Å². The molecule has 0 radical (unpaired) electrons. The molecule has 0 saturated heterocycles. The molecule has 0 aliphatic carbocycles. The maximum absolute atomic E-state index is 13.1. The number of benzene rings is 2. The van der Waals surface area contributed by atoms with Crippen molar-refractivity contribution in [2.45, 2.75) is 19.3 Å². The van der Waals surface area contributed by atoms with Gasteiger partial charge >= 0.3 is 12.4 Å². The number of nitrogens with zero attached hydrogens (tertiary/aromatic N) is 2. The quantitative estimate of drug-likeness (QED) is 0.579. The Morgan fingerprint density at radius 3 is 2.17 bits per heavy atom. The van der Waals surface area contributed by atoms with Crippen LogP contribution in [0.2, 0.25) is 0 Å². The molecule has 2 aromatic carbocycles. The van der Waals surface area contributed by atoms with Gasteiger partial charge in [0.15, 0.2) is 0 Å². The second-order valence-electron chi connectivity index (χ2n) is 6.16. The first kappa shape index (κ1) is 20.4. The summed E-state index contributed by atoms with van der Waals surface area (Å²) in [5.41, 5.74) is -1.62. The van der Waals surface area contributed by atoms with Crippen LogP contribution in [0.3, 0.4) is 0 Å². The lowest BCUT2D eigenvalue weighted by atomic mass is 10.1. The van der Waals surface area contributed by atoms with Gasteiger partial charge in [-0.2, -0.15) is 31.4 Å². The van der Waals surface area contributed by atoms with Gasteiger partial charge in [-0.15, -0.1) is 0 Å². The predicted molar refractivity (Wildman–Crippen MR) is 92.7 cm³/mol. The lowest BCUT2D eigenvalue weighted by molar-refractivity contribution is -0.142. The van der Waals surface area contributed by atoms with E-state index in [1.165, 1.54) is 37.3 Å². The van der Waals surface area contributed by atoms with Crippen LogP contribution in [-0.2, 0) is 12.4 Å². The molecular formula is C19H13F6N3O. The van der Waals surface area contributed by atoms with Crippen molar-refractivity contribution in [3.63, 3.8) is 0 Å². The van der Waals surface area contributed by atoms with Gasteiger partial charge in [-0.3, -0.25) is 4.79 Å². The van der Waals surface area contributed by atoms with Crippen molar-refractivity contribution in [1.29, 1.82) is 0 Å². The van der Waals surface area contributed by atoms with Gasteiger partial charge in [0.05, 0.1) is 16.9 Å². The van der Waals surface area contributed by atoms with Crippen molar-refractivity contribution >= 4 is 11.6 Å². The summed E-state index contributed by atoms with van der Waals surface area (Å²) in [5, 5.41) is 6.23. The van der Waals surface area contributed by atoms with Gasteiger partial charge in [-0.05, 0) is 55.5 Å². The van der Waals surface area contributed by atoms with E-state index in [9.17, 15) is 31.1 Å². The van der Waals surface area contributed by atoms with E-state index in [4.69, 9.17) is 0 Å². The van der Waals surface area contributed by atoms with Crippen molar-refractivity contribution in [3.8, 4) is 5.69 Å². The third-order valence-electron chi connectivity index (χ3n) is 3.94. The summed E-state index contributed by atoms with van der Waals surface area (Å²) in [6.07, 6.45) is -9.19. The number of nitrogens with one attached hydrogen (secondary N) is 1. The zero-order valence-electron chi connectivity index (χ0n) is 14.8. The van der Waals surface area contributed by atoms with Crippen LogP contribution in [0.5, 0.6) is 0 Å². The van der Waals surface area contributed by atoms with E-state index in [0.29, 0.717) is 6.07 Å². The van der Waals surface area contributed by atoms with Crippen molar-refractivity contribution in [3.05, 3.63) is 77.1 Å². The summed E-state index contributed by atoms with van der Waals surface area (Å²) in [6.45, 7) is 1.43. The van der Waals surface area contributed by atoms with Crippen LogP contribution in [0, 0.1) is 6.92 Å². The lowest BCUT2D eigenvalue weighted by Gasteiger charge is -2.12. The van der Waals surface area contributed by atoms with E-state index < -0.39 is 29.5 Å². The van der Waals surface area contributed by atoms with E-state index in [1.54, 1.807) is 0 Å². The molecule has 1 heterocycles. The smallest absolute Gasteiger partial charge is 0.322 e. The molecule has 0 saturated carbocycles. The number of halogens is 6. The molecule has 0 aliphatic heterocycles. The molecule has 3 aromatic rings. The number of alkyl halides is 6. The lowest BCUT2D eigenvalue weighted by Crippen LogP contribution is -2.14. The third kappa shape index (κ3) is 4.58. The maximum atomic E-state index is 13.1. The molecule has 0 fully saturated rings. The number of rotatable bonds is 3. The highest BCUT2D eigenvalue weighted by Crippen LogP contribution is 2.32. The largest absolute Gasteiger partial charge is 0.433 e. The number of anilines is 1. The molecule has 29 heavy (non-hydrogen) atoms. The molecular weight excluding hydrogens is 400 g/mol. The van der Waals surface area contributed by atoms with Crippen LogP contribution < -0.4 is 5.32 Å². The molecule has 4 nitrogen and oxygen atoms in total. The van der Waals surface area contributed by atoms with Crippen molar-refractivity contribution in [2.24, 2.45) is 0 Å². The Balaban J connectivity index is 1.81. The zero-order valence-corrected chi connectivity index (χ0v) is 14.8. The van der Waals surface area contributed by atoms with E-state index in [2.05, 4.69) is 10.4 Å². The summed E-state index contributed by atoms with van der Waals surface area (Å²) in [4.78, 5) is 12.2. The van der Waals surface area contributed by atoms with E-state index in [0.717, 1.165) is 22.9 Å². The summed E-state index contributed by atoms with van der Waals surface area (Å²) in [7, 11) is 0. The van der Waals surface area contributed by atoms with E-state index in [-0.39, 0.29) is 22.6 Å². The van der Waals surface area contributed by atoms with Crippen molar-refractivity contribution in [2.75, 3.05) is 5.32 Å². The van der Waals surface area contributed by atoms with Crippen LogP contribution in [0.4, 0.5) is 32.0 Å². The molecule has 152 valence electrons. The number of amides is 1. The third-order valence-corrected chi connectivity index (χ3v) is 3.94. The molecule has 0 atom stereocenters. The Kier molecular flexibility index (Phi) is 5.12. The Hall–Kier alpha value is -3.30. The predicted octanol–water partition coefficient (Wildman–Crippen LogP) is 5.47. The highest BCUT2D eigenvalue weighted by molar-refractivity contribution is 6.04. The van der Waals surface area contributed by atoms with Gasteiger partial charge in [-0.25, -0.2) is 4.68 Å². The normalized spacial score (nSPS) is 12.1. The van der Waals surface area contributed by atoms with Gasteiger partial charge in [0.2, 0.25) is 0 Å². The van der Waals surface area contributed by atoms with Crippen LogP contribution in [0.25, 0.3) is 5.69 Å². The first-order valence-corrected chi connectivity index (χ1v) is 8.18. The van der Waals surface area contributed by atoms with Crippen LogP contribution in [0.1, 0.15) is 27.3 Å². The average Bonchev–Trinajstić information content (AvgIpc) is 3.04. The number of aryl methyl sites for hydroxylation is 1. The molecule has 0 spiro atoms. The highest BCUT2D eigenvalue weighted by Gasteiger charge is 2.36. The van der Waals surface area contributed by atoms with E-state index in [1.807, 2.05) is 0 Å². The fraction of sp³-hybridized carbons (Fsp3) is 0.158. The van der Waals surface area contributed by atoms with Gasteiger partial charge in [0, 0.05) is 11.3 Å². The second kappa shape index (κ2) is 7.26. The Morgan fingerprint density at radius 1 is 0.931 bits per heavy atom. The molecule has 3 rings (SSSR count). The highest BCUT2D eigenvalue weighted by atomic mass is 19.4.